The van der Waals surface area contributed by atoms with Gasteiger partial charge in [-0.15, -0.1) is 0 Å². The second kappa shape index (κ2) is 5.78. The molecule has 0 aromatic heterocycles. The minimum Gasteiger partial charge on any atom is -0.393 e. The zero-order chi connectivity index (χ0) is 13.1. The standard InChI is InChI=1S/C12H23N3OS/c1-4-15(8-11(16)14(2)3)9-12(5-6-12)7-10(13)17/h4-9H2,1-3H3,(H2,13,17). The molecule has 0 atom stereocenters. The Labute approximate surface area is 109 Å². The summed E-state index contributed by atoms with van der Waals surface area (Å²) in [5.74, 6) is 0.151. The lowest BCUT2D eigenvalue weighted by atomic mass is 10.0. The van der Waals surface area contributed by atoms with Crippen molar-refractivity contribution in [1.82, 2.24) is 9.80 Å². The molecule has 17 heavy (non-hydrogen) atoms. The van der Waals surface area contributed by atoms with Gasteiger partial charge < -0.3 is 10.6 Å². The molecule has 0 aromatic rings. The van der Waals surface area contributed by atoms with Gasteiger partial charge in [0.1, 0.15) is 0 Å². The Hall–Kier alpha value is -0.680. The molecule has 0 radical (unpaired) electrons. The lowest BCUT2D eigenvalue weighted by Crippen LogP contribution is -2.40. The summed E-state index contributed by atoms with van der Waals surface area (Å²) in [4.78, 5) is 16.1. The molecule has 0 spiro atoms. The number of nitrogens with zero attached hydrogens (tertiary/aromatic N) is 2. The van der Waals surface area contributed by atoms with E-state index in [0.717, 1.165) is 19.5 Å². The van der Waals surface area contributed by atoms with Gasteiger partial charge in [0.2, 0.25) is 5.91 Å². The zero-order valence-corrected chi connectivity index (χ0v) is 11.8. The van der Waals surface area contributed by atoms with Crippen molar-refractivity contribution in [2.45, 2.75) is 26.2 Å². The molecule has 98 valence electrons. The van der Waals surface area contributed by atoms with Crippen LogP contribution in [0, 0.1) is 5.41 Å². The molecule has 0 aromatic carbocycles. The van der Waals surface area contributed by atoms with Gasteiger partial charge in [-0.2, -0.15) is 0 Å². The largest absolute Gasteiger partial charge is 0.393 e. The van der Waals surface area contributed by atoms with E-state index in [1.165, 1.54) is 12.8 Å². The molecule has 5 heteroatoms. The van der Waals surface area contributed by atoms with Crippen molar-refractivity contribution in [2.75, 3.05) is 33.7 Å². The molecule has 1 aliphatic carbocycles. The summed E-state index contributed by atoms with van der Waals surface area (Å²) in [5, 5.41) is 0. The Kier molecular flexibility index (Phi) is 4.89. The van der Waals surface area contributed by atoms with Crippen LogP contribution in [0.3, 0.4) is 0 Å². The molecule has 1 fully saturated rings. The van der Waals surface area contributed by atoms with E-state index < -0.39 is 0 Å². The number of carbonyl (C=O) groups is 1. The Morgan fingerprint density at radius 2 is 2.00 bits per heavy atom. The van der Waals surface area contributed by atoms with E-state index in [1.807, 2.05) is 0 Å². The second-order valence-electron chi connectivity index (χ2n) is 5.23. The highest BCUT2D eigenvalue weighted by atomic mass is 32.1. The van der Waals surface area contributed by atoms with E-state index in [0.29, 0.717) is 11.5 Å². The van der Waals surface area contributed by atoms with Crippen molar-refractivity contribution in [3.63, 3.8) is 0 Å². The SMILES string of the molecule is CCN(CC(=O)N(C)C)CC1(CC(N)=S)CC1. The first-order valence-electron chi connectivity index (χ1n) is 6.09. The summed E-state index contributed by atoms with van der Waals surface area (Å²) in [6.07, 6.45) is 3.17. The van der Waals surface area contributed by atoms with Gasteiger partial charge in [-0.1, -0.05) is 19.1 Å². The Balaban J connectivity index is 2.47. The van der Waals surface area contributed by atoms with Crippen molar-refractivity contribution in [3.8, 4) is 0 Å². The molecule has 0 saturated heterocycles. The third-order valence-corrected chi connectivity index (χ3v) is 3.51. The number of amides is 1. The van der Waals surface area contributed by atoms with Crippen molar-refractivity contribution in [1.29, 1.82) is 0 Å². The summed E-state index contributed by atoms with van der Waals surface area (Å²) in [6, 6.07) is 0. The van der Waals surface area contributed by atoms with Crippen LogP contribution in [0.1, 0.15) is 26.2 Å². The van der Waals surface area contributed by atoms with Gasteiger partial charge in [-0.3, -0.25) is 9.69 Å². The van der Waals surface area contributed by atoms with Gasteiger partial charge in [0.15, 0.2) is 0 Å². The highest BCUT2D eigenvalue weighted by Crippen LogP contribution is 2.49. The molecule has 0 unspecified atom stereocenters. The molecule has 2 N–H and O–H groups in total. The second-order valence-corrected chi connectivity index (χ2v) is 5.76. The summed E-state index contributed by atoms with van der Waals surface area (Å²) in [5.41, 5.74) is 5.88. The van der Waals surface area contributed by atoms with Crippen LogP contribution < -0.4 is 5.73 Å². The smallest absolute Gasteiger partial charge is 0.236 e. The van der Waals surface area contributed by atoms with E-state index in [-0.39, 0.29) is 11.3 Å². The van der Waals surface area contributed by atoms with Gasteiger partial charge in [0, 0.05) is 27.1 Å². The van der Waals surface area contributed by atoms with Crippen LogP contribution in [-0.4, -0.2) is 54.4 Å². The van der Waals surface area contributed by atoms with E-state index in [2.05, 4.69) is 11.8 Å². The monoisotopic (exact) mass is 257 g/mol. The zero-order valence-electron chi connectivity index (χ0n) is 11.0. The predicted molar refractivity (Wildman–Crippen MR) is 73.9 cm³/mol. The molecule has 4 nitrogen and oxygen atoms in total. The van der Waals surface area contributed by atoms with Crippen LogP contribution in [0.5, 0.6) is 0 Å². The first-order chi connectivity index (χ1) is 7.88. The summed E-state index contributed by atoms with van der Waals surface area (Å²) in [6.45, 7) is 4.39. The molecule has 0 bridgehead atoms. The van der Waals surface area contributed by atoms with Crippen molar-refractivity contribution in [2.24, 2.45) is 11.1 Å². The van der Waals surface area contributed by atoms with Gasteiger partial charge in [-0.25, -0.2) is 0 Å². The van der Waals surface area contributed by atoms with Gasteiger partial charge in [0.05, 0.1) is 11.5 Å². The van der Waals surface area contributed by atoms with E-state index in [9.17, 15) is 4.79 Å². The van der Waals surface area contributed by atoms with Gasteiger partial charge in [-0.05, 0) is 24.8 Å². The predicted octanol–water partition coefficient (Wildman–Crippen LogP) is 0.853. The van der Waals surface area contributed by atoms with Crippen LogP contribution in [0.2, 0.25) is 0 Å². The van der Waals surface area contributed by atoms with Gasteiger partial charge in [0.25, 0.3) is 0 Å². The number of rotatable bonds is 7. The molecule has 1 saturated carbocycles. The van der Waals surface area contributed by atoms with E-state index in [1.54, 1.807) is 19.0 Å². The average Bonchev–Trinajstić information content (AvgIpc) is 2.95. The first kappa shape index (κ1) is 14.4. The summed E-state index contributed by atoms with van der Waals surface area (Å²) in [7, 11) is 3.58. The minimum absolute atomic E-state index is 0.151. The Morgan fingerprint density at radius 1 is 1.41 bits per heavy atom. The molecule has 1 rings (SSSR count). The van der Waals surface area contributed by atoms with Crippen molar-refractivity contribution >= 4 is 23.1 Å². The molecular formula is C12H23N3OS. The van der Waals surface area contributed by atoms with Crippen LogP contribution in [0.4, 0.5) is 0 Å². The maximum atomic E-state index is 11.7. The third kappa shape index (κ3) is 4.60. The highest BCUT2D eigenvalue weighted by Gasteiger charge is 2.44. The number of hydrogen-bond donors (Lipinski definition) is 1. The molecule has 0 aliphatic heterocycles. The van der Waals surface area contributed by atoms with Crippen LogP contribution in [-0.2, 0) is 4.79 Å². The van der Waals surface area contributed by atoms with E-state index >= 15 is 0 Å². The molecule has 1 aliphatic rings. The maximum Gasteiger partial charge on any atom is 0.236 e. The normalized spacial score (nSPS) is 16.9. The summed E-state index contributed by atoms with van der Waals surface area (Å²) >= 11 is 4.99. The average molecular weight is 257 g/mol. The van der Waals surface area contributed by atoms with E-state index in [4.69, 9.17) is 18.0 Å². The molecule has 1 amide bonds. The van der Waals surface area contributed by atoms with Crippen molar-refractivity contribution in [3.05, 3.63) is 0 Å². The Bertz CT molecular complexity index is 300. The van der Waals surface area contributed by atoms with Gasteiger partial charge >= 0.3 is 0 Å². The highest BCUT2D eigenvalue weighted by molar-refractivity contribution is 7.80. The number of nitrogens with two attached hydrogens (primary N) is 1. The van der Waals surface area contributed by atoms with Crippen LogP contribution >= 0.6 is 12.2 Å². The first-order valence-corrected chi connectivity index (χ1v) is 6.50. The quantitative estimate of drug-likeness (QED) is 0.687. The van der Waals surface area contributed by atoms with Crippen molar-refractivity contribution < 1.29 is 4.79 Å². The number of hydrogen-bond acceptors (Lipinski definition) is 3. The fourth-order valence-electron chi connectivity index (χ4n) is 2.02. The fraction of sp³-hybridized carbons (Fsp3) is 0.833. The minimum atomic E-state index is 0.151. The maximum absolute atomic E-state index is 11.7. The number of thiocarbonyl (C=S) groups is 1. The summed E-state index contributed by atoms with van der Waals surface area (Å²) < 4.78 is 0. The van der Waals surface area contributed by atoms with Crippen LogP contribution in [0.15, 0.2) is 0 Å². The topological polar surface area (TPSA) is 49.6 Å². The molecular weight excluding hydrogens is 234 g/mol. The number of likely N-dealkylation sites (N-methyl/N-ethyl adjacent to an activating group) is 2. The number of carbonyl (C=O) groups excluding carboxylic acids is 1. The Morgan fingerprint density at radius 3 is 2.35 bits per heavy atom. The lowest BCUT2D eigenvalue weighted by molar-refractivity contribution is -0.130. The third-order valence-electron chi connectivity index (χ3n) is 3.37. The molecule has 0 heterocycles. The fourth-order valence-corrected chi connectivity index (χ4v) is 2.33. The van der Waals surface area contributed by atoms with Crippen LogP contribution in [0.25, 0.3) is 0 Å². The lowest BCUT2D eigenvalue weighted by Gasteiger charge is -2.26.